The van der Waals surface area contributed by atoms with E-state index in [1.165, 1.54) is 11.9 Å². The van der Waals surface area contributed by atoms with Crippen LogP contribution in [0.4, 0.5) is 0 Å². The maximum Gasteiger partial charge on any atom is 0.137 e. The highest BCUT2D eigenvalue weighted by atomic mass is 16.3. The summed E-state index contributed by atoms with van der Waals surface area (Å²) in [6.45, 7) is 1.37. The Balaban J connectivity index is 1.73. The Labute approximate surface area is 129 Å². The Morgan fingerprint density at radius 2 is 1.95 bits per heavy atom. The van der Waals surface area contributed by atoms with Crippen LogP contribution in [0.5, 0.6) is 5.75 Å². The van der Waals surface area contributed by atoms with Crippen LogP contribution in [0.1, 0.15) is 17.2 Å². The first-order chi connectivity index (χ1) is 10.8. The molecule has 22 heavy (non-hydrogen) atoms. The fraction of sp³-hybridized carbons (Fsp3) is 0.176. The Kier molecular flexibility index (Phi) is 4.46. The average molecular weight is 294 g/mol. The van der Waals surface area contributed by atoms with Crippen LogP contribution in [0.25, 0.3) is 0 Å². The molecule has 1 aromatic heterocycles. The zero-order valence-electron chi connectivity index (χ0n) is 12.1. The van der Waals surface area contributed by atoms with Crippen LogP contribution in [0, 0.1) is 0 Å². The zero-order chi connectivity index (χ0) is 15.2. The normalized spacial score (nSPS) is 12.2. The molecule has 1 heterocycles. The lowest BCUT2D eigenvalue weighted by atomic mass is 10.1. The molecule has 0 fully saturated rings. The summed E-state index contributed by atoms with van der Waals surface area (Å²) in [5.41, 5.74) is 2.23. The number of aromatic nitrogens is 3. The number of phenols is 1. The molecule has 0 aliphatic carbocycles. The van der Waals surface area contributed by atoms with Gasteiger partial charge in [0, 0.05) is 6.54 Å². The van der Waals surface area contributed by atoms with Gasteiger partial charge in [-0.2, -0.15) is 5.10 Å². The van der Waals surface area contributed by atoms with Gasteiger partial charge in [-0.05, 0) is 23.3 Å². The molecule has 0 aliphatic heterocycles. The predicted molar refractivity (Wildman–Crippen MR) is 84.2 cm³/mol. The van der Waals surface area contributed by atoms with E-state index in [0.29, 0.717) is 13.1 Å². The summed E-state index contributed by atoms with van der Waals surface area (Å²) in [6, 6.07) is 17.6. The molecule has 0 amide bonds. The molecule has 0 bridgehead atoms. The van der Waals surface area contributed by atoms with Gasteiger partial charge in [0.05, 0.1) is 12.6 Å². The van der Waals surface area contributed by atoms with Crippen molar-refractivity contribution >= 4 is 0 Å². The number of nitrogens with zero attached hydrogens (tertiary/aromatic N) is 3. The van der Waals surface area contributed by atoms with Crippen LogP contribution in [-0.4, -0.2) is 19.9 Å². The molecule has 112 valence electrons. The van der Waals surface area contributed by atoms with Crippen molar-refractivity contribution in [3.63, 3.8) is 0 Å². The van der Waals surface area contributed by atoms with Gasteiger partial charge in [0.2, 0.25) is 0 Å². The van der Waals surface area contributed by atoms with Crippen molar-refractivity contribution in [2.75, 3.05) is 0 Å². The van der Waals surface area contributed by atoms with Crippen molar-refractivity contribution in [3.8, 4) is 5.75 Å². The number of hydrogen-bond donors (Lipinski definition) is 2. The monoisotopic (exact) mass is 294 g/mol. The van der Waals surface area contributed by atoms with Gasteiger partial charge in [-0.3, -0.25) is 4.68 Å². The Morgan fingerprint density at radius 3 is 2.68 bits per heavy atom. The summed E-state index contributed by atoms with van der Waals surface area (Å²) in [4.78, 5) is 3.99. The first kappa shape index (κ1) is 14.3. The van der Waals surface area contributed by atoms with Crippen LogP contribution in [0.2, 0.25) is 0 Å². The second-order valence-corrected chi connectivity index (χ2v) is 5.13. The number of benzene rings is 2. The van der Waals surface area contributed by atoms with Crippen molar-refractivity contribution in [1.29, 1.82) is 0 Å². The Hall–Kier alpha value is -2.66. The third kappa shape index (κ3) is 3.71. The van der Waals surface area contributed by atoms with E-state index >= 15 is 0 Å². The van der Waals surface area contributed by atoms with E-state index in [0.717, 1.165) is 5.56 Å². The van der Waals surface area contributed by atoms with E-state index < -0.39 is 0 Å². The molecule has 5 heteroatoms. The first-order valence-electron chi connectivity index (χ1n) is 7.20. The fourth-order valence-corrected chi connectivity index (χ4v) is 2.39. The van der Waals surface area contributed by atoms with Crippen LogP contribution >= 0.6 is 0 Å². The van der Waals surface area contributed by atoms with Gasteiger partial charge < -0.3 is 10.4 Å². The molecule has 0 saturated carbocycles. The summed E-state index contributed by atoms with van der Waals surface area (Å²) in [5, 5.41) is 17.2. The van der Waals surface area contributed by atoms with E-state index in [1.807, 2.05) is 35.0 Å². The van der Waals surface area contributed by atoms with Crippen LogP contribution in [0.3, 0.4) is 0 Å². The van der Waals surface area contributed by atoms with E-state index in [2.05, 4.69) is 27.5 Å². The SMILES string of the molecule is Oc1cccc(CN[C@@H](Cn2cncn2)c2ccccc2)c1. The third-order valence-corrected chi connectivity index (χ3v) is 3.50. The lowest BCUT2D eigenvalue weighted by Crippen LogP contribution is -2.25. The molecular formula is C17H18N4O. The molecule has 0 unspecified atom stereocenters. The highest BCUT2D eigenvalue weighted by Crippen LogP contribution is 2.17. The van der Waals surface area contributed by atoms with Gasteiger partial charge in [-0.1, -0.05) is 42.5 Å². The Morgan fingerprint density at radius 1 is 1.09 bits per heavy atom. The van der Waals surface area contributed by atoms with Crippen LogP contribution in [0.15, 0.2) is 67.3 Å². The van der Waals surface area contributed by atoms with Gasteiger partial charge >= 0.3 is 0 Å². The Bertz CT molecular complexity index is 698. The molecule has 3 rings (SSSR count). The predicted octanol–water partition coefficient (Wildman–Crippen LogP) is 2.51. The summed E-state index contributed by atoms with van der Waals surface area (Å²) in [5.74, 6) is 0.284. The average Bonchev–Trinajstić information content (AvgIpc) is 3.05. The minimum absolute atomic E-state index is 0.116. The molecule has 3 aromatic rings. The maximum absolute atomic E-state index is 9.55. The van der Waals surface area contributed by atoms with Gasteiger partial charge in [0.25, 0.3) is 0 Å². The molecule has 0 aliphatic rings. The highest BCUT2D eigenvalue weighted by molar-refractivity contribution is 5.27. The summed E-state index contributed by atoms with van der Waals surface area (Å²) >= 11 is 0. The molecule has 0 saturated heterocycles. The number of phenolic OH excluding ortho intramolecular Hbond substituents is 1. The van der Waals surface area contributed by atoms with E-state index in [4.69, 9.17) is 0 Å². The van der Waals surface area contributed by atoms with Crippen molar-refractivity contribution in [2.24, 2.45) is 0 Å². The molecule has 1 atom stereocenters. The summed E-state index contributed by atoms with van der Waals surface area (Å²) in [7, 11) is 0. The molecule has 5 nitrogen and oxygen atoms in total. The quantitative estimate of drug-likeness (QED) is 0.733. The summed E-state index contributed by atoms with van der Waals surface area (Å²) < 4.78 is 1.81. The number of hydrogen-bond acceptors (Lipinski definition) is 4. The van der Waals surface area contributed by atoms with Gasteiger partial charge in [-0.25, -0.2) is 4.98 Å². The minimum atomic E-state index is 0.116. The molecule has 0 spiro atoms. The van der Waals surface area contributed by atoms with E-state index in [1.54, 1.807) is 18.5 Å². The lowest BCUT2D eigenvalue weighted by molar-refractivity contribution is 0.435. The van der Waals surface area contributed by atoms with Gasteiger partial charge in [0.1, 0.15) is 18.4 Å². The topological polar surface area (TPSA) is 63.0 Å². The summed E-state index contributed by atoms with van der Waals surface area (Å²) in [6.07, 6.45) is 3.25. The van der Waals surface area contributed by atoms with Crippen molar-refractivity contribution in [3.05, 3.63) is 78.4 Å². The second kappa shape index (κ2) is 6.87. The third-order valence-electron chi connectivity index (χ3n) is 3.50. The molecule has 2 N–H and O–H groups in total. The number of rotatable bonds is 6. The van der Waals surface area contributed by atoms with E-state index in [-0.39, 0.29) is 11.8 Å². The van der Waals surface area contributed by atoms with Crippen molar-refractivity contribution < 1.29 is 5.11 Å². The second-order valence-electron chi connectivity index (χ2n) is 5.13. The number of nitrogens with one attached hydrogen (secondary N) is 1. The van der Waals surface area contributed by atoms with Crippen molar-refractivity contribution in [1.82, 2.24) is 20.1 Å². The van der Waals surface area contributed by atoms with Gasteiger partial charge in [0.15, 0.2) is 0 Å². The van der Waals surface area contributed by atoms with Gasteiger partial charge in [-0.15, -0.1) is 0 Å². The lowest BCUT2D eigenvalue weighted by Gasteiger charge is -2.19. The largest absolute Gasteiger partial charge is 0.508 e. The van der Waals surface area contributed by atoms with Crippen molar-refractivity contribution in [2.45, 2.75) is 19.1 Å². The maximum atomic E-state index is 9.55. The molecular weight excluding hydrogens is 276 g/mol. The standard InChI is InChI=1S/C17H18N4O/c22-16-8-4-5-14(9-16)10-19-17(11-21-13-18-12-20-21)15-6-2-1-3-7-15/h1-9,12-13,17,19,22H,10-11H2/t17-/m0/s1. The highest BCUT2D eigenvalue weighted by Gasteiger charge is 2.12. The zero-order valence-corrected chi connectivity index (χ0v) is 12.1. The number of aromatic hydroxyl groups is 1. The molecule has 0 radical (unpaired) electrons. The van der Waals surface area contributed by atoms with E-state index in [9.17, 15) is 5.11 Å². The fourth-order valence-electron chi connectivity index (χ4n) is 2.39. The van der Waals surface area contributed by atoms with Crippen LogP contribution < -0.4 is 5.32 Å². The molecule has 2 aromatic carbocycles. The minimum Gasteiger partial charge on any atom is -0.508 e. The first-order valence-corrected chi connectivity index (χ1v) is 7.20. The smallest absolute Gasteiger partial charge is 0.137 e. The van der Waals surface area contributed by atoms with Crippen LogP contribution in [-0.2, 0) is 13.1 Å².